The van der Waals surface area contributed by atoms with Crippen LogP contribution in [0.5, 0.6) is 5.75 Å². The van der Waals surface area contributed by atoms with E-state index in [0.717, 1.165) is 27.4 Å². The maximum absolute atomic E-state index is 6.12. The molecule has 0 aliphatic heterocycles. The van der Waals surface area contributed by atoms with Crippen molar-refractivity contribution in [2.45, 2.75) is 26.3 Å². The summed E-state index contributed by atoms with van der Waals surface area (Å²) >= 11 is 1.32. The van der Waals surface area contributed by atoms with Crippen molar-refractivity contribution in [1.82, 2.24) is 14.6 Å². The summed E-state index contributed by atoms with van der Waals surface area (Å²) in [6.07, 6.45) is 4.18. The van der Waals surface area contributed by atoms with Crippen molar-refractivity contribution in [2.75, 3.05) is 7.11 Å². The standard InChI is InChI=1S/C12H16N4OS/c1-7-5-14-10(8(2)12(7)17-3)4-9(13)11-6-15-16-18-11/h5-6,9H,4,13H2,1-3H3. The zero-order valence-electron chi connectivity index (χ0n) is 10.7. The van der Waals surface area contributed by atoms with Crippen LogP contribution in [-0.4, -0.2) is 21.7 Å². The SMILES string of the molecule is COc1c(C)cnc(CC(N)c2cnns2)c1C. The van der Waals surface area contributed by atoms with Gasteiger partial charge in [-0.3, -0.25) is 4.98 Å². The van der Waals surface area contributed by atoms with Crippen molar-refractivity contribution < 1.29 is 4.74 Å². The van der Waals surface area contributed by atoms with Gasteiger partial charge in [0.05, 0.1) is 18.2 Å². The molecule has 2 N–H and O–H groups in total. The minimum Gasteiger partial charge on any atom is -0.496 e. The maximum Gasteiger partial charge on any atom is 0.128 e. The van der Waals surface area contributed by atoms with Crippen LogP contribution in [0.2, 0.25) is 0 Å². The van der Waals surface area contributed by atoms with E-state index in [2.05, 4.69) is 14.6 Å². The third kappa shape index (κ3) is 2.49. The van der Waals surface area contributed by atoms with Crippen molar-refractivity contribution >= 4 is 11.5 Å². The predicted molar refractivity (Wildman–Crippen MR) is 70.8 cm³/mol. The molecular weight excluding hydrogens is 248 g/mol. The van der Waals surface area contributed by atoms with Crippen LogP contribution in [0.1, 0.15) is 27.7 Å². The van der Waals surface area contributed by atoms with E-state index in [1.807, 2.05) is 20.0 Å². The molecule has 2 rings (SSSR count). The molecule has 0 radical (unpaired) electrons. The Bertz CT molecular complexity index is 527. The Morgan fingerprint density at radius 3 is 2.78 bits per heavy atom. The average Bonchev–Trinajstić information content (AvgIpc) is 2.87. The van der Waals surface area contributed by atoms with E-state index in [9.17, 15) is 0 Å². The smallest absolute Gasteiger partial charge is 0.128 e. The van der Waals surface area contributed by atoms with Crippen LogP contribution in [0.4, 0.5) is 0 Å². The number of pyridine rings is 1. The second-order valence-corrected chi connectivity index (χ2v) is 4.99. The highest BCUT2D eigenvalue weighted by atomic mass is 32.1. The molecule has 6 heteroatoms. The Labute approximate surface area is 110 Å². The number of aromatic nitrogens is 3. The highest BCUT2D eigenvalue weighted by Gasteiger charge is 2.15. The third-order valence-corrected chi connectivity index (χ3v) is 3.70. The number of rotatable bonds is 4. The van der Waals surface area contributed by atoms with Crippen LogP contribution in [0.15, 0.2) is 12.4 Å². The van der Waals surface area contributed by atoms with Gasteiger partial charge in [-0.1, -0.05) is 4.49 Å². The molecule has 1 atom stereocenters. The van der Waals surface area contributed by atoms with E-state index in [1.165, 1.54) is 11.5 Å². The van der Waals surface area contributed by atoms with Crippen molar-refractivity contribution in [2.24, 2.45) is 5.73 Å². The molecular formula is C12H16N4OS. The van der Waals surface area contributed by atoms with Crippen LogP contribution >= 0.6 is 11.5 Å². The zero-order chi connectivity index (χ0) is 13.1. The molecule has 0 saturated heterocycles. The lowest BCUT2D eigenvalue weighted by Gasteiger charge is -2.14. The number of hydrogen-bond acceptors (Lipinski definition) is 6. The molecule has 2 heterocycles. The lowest BCUT2D eigenvalue weighted by atomic mass is 10.0. The molecule has 96 valence electrons. The first-order valence-electron chi connectivity index (χ1n) is 5.65. The summed E-state index contributed by atoms with van der Waals surface area (Å²) in [5.41, 5.74) is 9.16. The highest BCUT2D eigenvalue weighted by Crippen LogP contribution is 2.26. The van der Waals surface area contributed by atoms with Crippen LogP contribution in [-0.2, 0) is 6.42 Å². The monoisotopic (exact) mass is 264 g/mol. The predicted octanol–water partition coefficient (Wildman–Crippen LogP) is 1.80. The Kier molecular flexibility index (Phi) is 3.88. The molecule has 0 aromatic carbocycles. The Hall–Kier alpha value is -1.53. The molecule has 0 fully saturated rings. The van der Waals surface area contributed by atoms with Crippen LogP contribution in [0.25, 0.3) is 0 Å². The summed E-state index contributed by atoms with van der Waals surface area (Å²) in [5, 5.41) is 3.80. The largest absolute Gasteiger partial charge is 0.496 e. The van der Waals surface area contributed by atoms with Gasteiger partial charge < -0.3 is 10.5 Å². The van der Waals surface area contributed by atoms with Gasteiger partial charge in [0.15, 0.2) is 0 Å². The summed E-state index contributed by atoms with van der Waals surface area (Å²) < 4.78 is 9.21. The fraction of sp³-hybridized carbons (Fsp3) is 0.417. The van der Waals surface area contributed by atoms with Gasteiger partial charge in [0, 0.05) is 35.5 Å². The Balaban J connectivity index is 2.24. The summed E-state index contributed by atoms with van der Waals surface area (Å²) in [6.45, 7) is 3.99. The number of aryl methyl sites for hydroxylation is 1. The van der Waals surface area contributed by atoms with Crippen LogP contribution in [0.3, 0.4) is 0 Å². The summed E-state index contributed by atoms with van der Waals surface area (Å²) in [4.78, 5) is 5.41. The first kappa shape index (κ1) is 12.9. The topological polar surface area (TPSA) is 73.9 Å². The first-order chi connectivity index (χ1) is 8.63. The third-order valence-electron chi connectivity index (χ3n) is 2.91. The Morgan fingerprint density at radius 2 is 2.17 bits per heavy atom. The maximum atomic E-state index is 6.12. The van der Waals surface area contributed by atoms with Gasteiger partial charge in [-0.25, -0.2) is 0 Å². The van der Waals surface area contributed by atoms with Crippen molar-refractivity contribution in [1.29, 1.82) is 0 Å². The van der Waals surface area contributed by atoms with Gasteiger partial charge >= 0.3 is 0 Å². The number of nitrogens with two attached hydrogens (primary N) is 1. The fourth-order valence-electron chi connectivity index (χ4n) is 1.92. The lowest BCUT2D eigenvalue weighted by molar-refractivity contribution is 0.406. The minimum atomic E-state index is -0.122. The quantitative estimate of drug-likeness (QED) is 0.911. The van der Waals surface area contributed by atoms with Gasteiger partial charge in [0.25, 0.3) is 0 Å². The van der Waals surface area contributed by atoms with E-state index in [1.54, 1.807) is 13.3 Å². The number of nitrogens with zero attached hydrogens (tertiary/aromatic N) is 3. The normalized spacial score (nSPS) is 12.4. The Morgan fingerprint density at radius 1 is 1.39 bits per heavy atom. The van der Waals surface area contributed by atoms with E-state index < -0.39 is 0 Å². The molecule has 0 amide bonds. The number of methoxy groups -OCH3 is 1. The van der Waals surface area contributed by atoms with Crippen molar-refractivity contribution in [3.8, 4) is 5.75 Å². The van der Waals surface area contributed by atoms with Crippen LogP contribution in [0, 0.1) is 13.8 Å². The second-order valence-electron chi connectivity index (χ2n) is 4.18. The van der Waals surface area contributed by atoms with E-state index in [4.69, 9.17) is 10.5 Å². The first-order valence-corrected chi connectivity index (χ1v) is 6.42. The molecule has 1 unspecified atom stereocenters. The van der Waals surface area contributed by atoms with Crippen molar-refractivity contribution in [3.63, 3.8) is 0 Å². The van der Waals surface area contributed by atoms with Gasteiger partial charge in [-0.15, -0.1) is 5.10 Å². The summed E-state index contributed by atoms with van der Waals surface area (Å²) in [7, 11) is 1.67. The van der Waals surface area contributed by atoms with Gasteiger partial charge in [0.2, 0.25) is 0 Å². The minimum absolute atomic E-state index is 0.122. The summed E-state index contributed by atoms with van der Waals surface area (Å²) in [6, 6.07) is -0.122. The highest BCUT2D eigenvalue weighted by molar-refractivity contribution is 7.05. The fourth-order valence-corrected chi connectivity index (χ4v) is 2.43. The molecule has 0 saturated carbocycles. The molecule has 2 aromatic rings. The molecule has 5 nitrogen and oxygen atoms in total. The van der Waals surface area contributed by atoms with Gasteiger partial charge in [-0.05, 0) is 25.4 Å². The van der Waals surface area contributed by atoms with E-state index in [-0.39, 0.29) is 6.04 Å². The van der Waals surface area contributed by atoms with Crippen molar-refractivity contribution in [3.05, 3.63) is 34.1 Å². The molecule has 2 aromatic heterocycles. The molecule has 0 aliphatic rings. The van der Waals surface area contributed by atoms with Gasteiger partial charge in [0.1, 0.15) is 5.75 Å². The van der Waals surface area contributed by atoms with Gasteiger partial charge in [-0.2, -0.15) is 0 Å². The molecule has 0 aliphatic carbocycles. The van der Waals surface area contributed by atoms with E-state index >= 15 is 0 Å². The molecule has 0 bridgehead atoms. The van der Waals surface area contributed by atoms with Crippen LogP contribution < -0.4 is 10.5 Å². The summed E-state index contributed by atoms with van der Waals surface area (Å²) in [5.74, 6) is 0.884. The average molecular weight is 264 g/mol. The zero-order valence-corrected chi connectivity index (χ0v) is 11.5. The lowest BCUT2D eigenvalue weighted by Crippen LogP contribution is -2.14. The molecule has 18 heavy (non-hydrogen) atoms. The molecule has 0 spiro atoms. The number of ether oxygens (including phenoxy) is 1. The number of hydrogen-bond donors (Lipinski definition) is 1. The second kappa shape index (κ2) is 5.41. The van der Waals surface area contributed by atoms with E-state index in [0.29, 0.717) is 6.42 Å².